The molecule has 0 aromatic rings. The van der Waals surface area contributed by atoms with E-state index >= 15 is 0 Å². The van der Waals surface area contributed by atoms with Crippen molar-refractivity contribution >= 4 is 11.9 Å². The van der Waals surface area contributed by atoms with E-state index in [1.54, 1.807) is 0 Å². The van der Waals surface area contributed by atoms with Crippen molar-refractivity contribution in [2.45, 2.75) is 191 Å². The maximum atomic E-state index is 13.2. The lowest BCUT2D eigenvalue weighted by Crippen LogP contribution is -2.69. The Morgan fingerprint density at radius 3 is 1.98 bits per heavy atom. The lowest BCUT2D eigenvalue weighted by Gasteiger charge is -2.73. The molecular formula is C47H74O19. The molecule has 11 N–H and O–H groups in total. The summed E-state index contributed by atoms with van der Waals surface area (Å²) in [6, 6.07) is 0. The number of hydrogen-bond donors (Lipinski definition) is 11. The molecule has 8 fully saturated rings. The van der Waals surface area contributed by atoms with Crippen LogP contribution in [0.15, 0.2) is 12.2 Å². The lowest BCUT2D eigenvalue weighted by molar-refractivity contribution is -0.392. The zero-order valence-electron chi connectivity index (χ0n) is 38.6. The van der Waals surface area contributed by atoms with Crippen molar-refractivity contribution in [1.82, 2.24) is 0 Å². The van der Waals surface area contributed by atoms with E-state index in [4.69, 9.17) is 28.4 Å². The highest BCUT2D eigenvalue weighted by Gasteiger charge is 2.73. The van der Waals surface area contributed by atoms with Gasteiger partial charge in [-0.3, -0.25) is 4.79 Å². The third-order valence-electron chi connectivity index (χ3n) is 19.5. The summed E-state index contributed by atoms with van der Waals surface area (Å²) >= 11 is 0. The second kappa shape index (κ2) is 18.0. The van der Waals surface area contributed by atoms with E-state index in [-0.39, 0.29) is 52.4 Å². The first kappa shape index (κ1) is 50.5. The van der Waals surface area contributed by atoms with Crippen molar-refractivity contribution in [3.05, 3.63) is 12.2 Å². The molecule has 25 atom stereocenters. The summed E-state index contributed by atoms with van der Waals surface area (Å²) in [4.78, 5) is 25.9. The highest BCUT2D eigenvalue weighted by Crippen LogP contribution is 2.77. The first-order valence-corrected chi connectivity index (χ1v) is 23.9. The van der Waals surface area contributed by atoms with Gasteiger partial charge in [0.15, 0.2) is 25.0 Å². The van der Waals surface area contributed by atoms with E-state index in [0.29, 0.717) is 32.1 Å². The maximum Gasteiger partial charge on any atom is 0.335 e. The summed E-state index contributed by atoms with van der Waals surface area (Å²) in [5, 5.41) is 118. The Morgan fingerprint density at radius 1 is 0.667 bits per heavy atom. The largest absolute Gasteiger partial charge is 0.481 e. The minimum atomic E-state index is -2.11. The average molecular weight is 943 g/mol. The summed E-state index contributed by atoms with van der Waals surface area (Å²) in [7, 11) is 0. The van der Waals surface area contributed by atoms with E-state index < -0.39 is 128 Å². The van der Waals surface area contributed by atoms with Gasteiger partial charge in [-0.15, -0.1) is 0 Å². The van der Waals surface area contributed by atoms with E-state index in [1.165, 1.54) is 0 Å². The van der Waals surface area contributed by atoms with Gasteiger partial charge in [-0.05, 0) is 117 Å². The van der Waals surface area contributed by atoms with Crippen LogP contribution in [0.2, 0.25) is 0 Å². The Balaban J connectivity index is 1.10. The standard InChI is InChI=1S/C47H74O19/c1-20(2)21-9-14-47(42(59)60)16-15-45(5)22(28(21)47)7-8-26-43(3)12-11-27(44(4,19-49)25(43)10-13-46(26,45)6)63-41-37(66-39-32(54)29(51)23(50)18-61-39)35(34(56)36(65-41)38(57)58)64-40-33(55)31(53)30(52)24(17-48)62-40/h21-37,39-41,48-56H,1,7-19H2,2-6H3,(H,57,58)(H,59,60)/t21-,22+,23+,24+,25+,26+,27-,28+,29-,30+,31-,32+,33+,34-,35-,36-,37+,39-,40-,41+,43-,44-,45+,46+,47-/m0/s1. The van der Waals surface area contributed by atoms with Gasteiger partial charge in [0.2, 0.25) is 0 Å². The molecule has 0 bridgehead atoms. The zero-order chi connectivity index (χ0) is 48.2. The molecule has 19 heteroatoms. The second-order valence-corrected chi connectivity index (χ2v) is 22.4. The van der Waals surface area contributed by atoms with Crippen LogP contribution < -0.4 is 0 Å². The third-order valence-corrected chi connectivity index (χ3v) is 19.5. The molecule has 0 amide bonds. The van der Waals surface area contributed by atoms with E-state index in [0.717, 1.165) is 37.7 Å². The average Bonchev–Trinajstić information content (AvgIpc) is 3.68. The number of ether oxygens (including phenoxy) is 6. The molecule has 0 radical (unpaired) electrons. The van der Waals surface area contributed by atoms with Crippen LogP contribution in [0.4, 0.5) is 0 Å². The summed E-state index contributed by atoms with van der Waals surface area (Å²) < 4.78 is 36.1. The van der Waals surface area contributed by atoms with Crippen molar-refractivity contribution in [2.75, 3.05) is 19.8 Å². The number of aliphatic carboxylic acids is 2. The Labute approximate surface area is 385 Å². The van der Waals surface area contributed by atoms with Crippen molar-refractivity contribution in [3.8, 4) is 0 Å². The zero-order valence-corrected chi connectivity index (χ0v) is 38.6. The van der Waals surface area contributed by atoms with E-state index in [9.17, 15) is 65.8 Å². The van der Waals surface area contributed by atoms with Gasteiger partial charge in [-0.25, -0.2) is 4.79 Å². The smallest absolute Gasteiger partial charge is 0.335 e. The highest BCUT2D eigenvalue weighted by atomic mass is 16.8. The minimum Gasteiger partial charge on any atom is -0.481 e. The summed E-state index contributed by atoms with van der Waals surface area (Å²) in [6.45, 7) is 13.8. The van der Waals surface area contributed by atoms with Gasteiger partial charge in [0, 0.05) is 5.41 Å². The number of fused-ring (bicyclic) bond motifs is 7. The SMILES string of the molecule is C=C(C)[C@@H]1CC[C@]2(C(=O)O)CC[C@]3(C)[C@H](CC[C@@H]4[C@@]5(C)CC[C@H](O[C@@H]6O[C@H](C(=O)O)[C@@H](O)[C@H](O[C@@H]7O[C@H](CO)[C@@H](O)[C@H](O)[C@H]7O)[C@H]6O[C@@H]6OC[C@@H](O)[C@H](O)[C@H]6O)[C@@](C)(CO)[C@@H]5CC[C@]43C)[C@@H]12. The van der Waals surface area contributed by atoms with E-state index in [1.807, 2.05) is 13.8 Å². The summed E-state index contributed by atoms with van der Waals surface area (Å²) in [5.74, 6) is -1.92. The Kier molecular flexibility index (Phi) is 13.8. The molecule has 3 saturated heterocycles. The molecule has 66 heavy (non-hydrogen) atoms. The number of allylic oxidation sites excluding steroid dienone is 1. The van der Waals surface area contributed by atoms with Crippen LogP contribution in [-0.4, -0.2) is 180 Å². The van der Waals surface area contributed by atoms with Crippen molar-refractivity contribution in [2.24, 2.45) is 56.7 Å². The number of carboxylic acids is 2. The van der Waals surface area contributed by atoms with Gasteiger partial charge in [-0.1, -0.05) is 39.8 Å². The summed E-state index contributed by atoms with van der Waals surface area (Å²) in [5.41, 5.74) is -1.34. The van der Waals surface area contributed by atoms with Crippen LogP contribution >= 0.6 is 0 Å². The van der Waals surface area contributed by atoms with Crippen molar-refractivity contribution < 1.29 is 94.2 Å². The number of hydrogen-bond acceptors (Lipinski definition) is 17. The third kappa shape index (κ3) is 7.56. The van der Waals surface area contributed by atoms with Crippen LogP contribution in [0.3, 0.4) is 0 Å². The molecule has 0 aromatic heterocycles. The molecule has 5 saturated carbocycles. The van der Waals surface area contributed by atoms with Crippen molar-refractivity contribution in [1.29, 1.82) is 0 Å². The fraction of sp³-hybridized carbons (Fsp3) is 0.915. The molecule has 19 nitrogen and oxygen atoms in total. The van der Waals surface area contributed by atoms with Gasteiger partial charge >= 0.3 is 11.9 Å². The van der Waals surface area contributed by atoms with Crippen LogP contribution in [0, 0.1) is 56.7 Å². The monoisotopic (exact) mass is 942 g/mol. The molecule has 8 rings (SSSR count). The van der Waals surface area contributed by atoms with Crippen LogP contribution in [-0.2, 0) is 38.0 Å². The highest BCUT2D eigenvalue weighted by molar-refractivity contribution is 5.76. The maximum absolute atomic E-state index is 13.2. The number of aliphatic hydroxyl groups is 9. The Bertz CT molecular complexity index is 1820. The number of carbonyl (C=O) groups is 2. The lowest BCUT2D eigenvalue weighted by atomic mass is 9.32. The molecular weight excluding hydrogens is 868 g/mol. The molecule has 5 aliphatic carbocycles. The topological polar surface area (TPSA) is 312 Å². The summed E-state index contributed by atoms with van der Waals surface area (Å²) in [6.07, 6.45) is -19.1. The number of aliphatic hydroxyl groups excluding tert-OH is 9. The molecule has 376 valence electrons. The molecule has 0 aromatic carbocycles. The van der Waals surface area contributed by atoms with Crippen LogP contribution in [0.5, 0.6) is 0 Å². The molecule has 0 spiro atoms. The molecule has 8 aliphatic rings. The van der Waals surface area contributed by atoms with Gasteiger partial charge in [0.05, 0.1) is 31.3 Å². The van der Waals surface area contributed by atoms with Gasteiger partial charge in [0.1, 0.15) is 61.0 Å². The predicted octanol–water partition coefficient (Wildman–Crippen LogP) is 0.266. The normalized spacial score (nSPS) is 54.9. The Morgan fingerprint density at radius 2 is 1.35 bits per heavy atom. The van der Waals surface area contributed by atoms with E-state index in [2.05, 4.69) is 27.4 Å². The minimum absolute atomic E-state index is 0.00201. The molecule has 0 unspecified atom stereocenters. The Hall–Kier alpha value is -1.92. The quantitative estimate of drug-likeness (QED) is 0.0978. The van der Waals surface area contributed by atoms with Gasteiger partial charge in [0.25, 0.3) is 0 Å². The number of rotatable bonds is 11. The predicted molar refractivity (Wildman–Crippen MR) is 226 cm³/mol. The first-order chi connectivity index (χ1) is 30.9. The molecule has 3 aliphatic heterocycles. The fourth-order valence-corrected chi connectivity index (χ4v) is 15.7. The number of carboxylic acid groups (broad SMARTS) is 2. The fourth-order valence-electron chi connectivity index (χ4n) is 15.7. The van der Waals surface area contributed by atoms with Crippen LogP contribution in [0.25, 0.3) is 0 Å². The van der Waals surface area contributed by atoms with Crippen molar-refractivity contribution in [3.63, 3.8) is 0 Å². The second-order valence-electron chi connectivity index (χ2n) is 22.4. The van der Waals surface area contributed by atoms with Gasteiger partial charge in [-0.2, -0.15) is 0 Å². The van der Waals surface area contributed by atoms with Crippen LogP contribution in [0.1, 0.15) is 98.8 Å². The first-order valence-electron chi connectivity index (χ1n) is 23.9. The van der Waals surface area contributed by atoms with Gasteiger partial charge < -0.3 is 84.6 Å². The molecule has 3 heterocycles.